The molecule has 17 heavy (non-hydrogen) atoms. The predicted molar refractivity (Wildman–Crippen MR) is 70.8 cm³/mol. The molecule has 0 radical (unpaired) electrons. The molecule has 1 aliphatic rings. The number of benzene rings is 1. The molecule has 3 nitrogen and oxygen atoms in total. The first-order chi connectivity index (χ1) is 7.97. The van der Waals surface area contributed by atoms with Gasteiger partial charge in [0.05, 0.1) is 11.4 Å². The van der Waals surface area contributed by atoms with E-state index in [1.165, 1.54) is 5.56 Å². The van der Waals surface area contributed by atoms with Crippen LogP contribution in [0.2, 0.25) is 0 Å². The number of nitrogens with zero attached hydrogens (tertiary/aromatic N) is 1. The Morgan fingerprint density at radius 1 is 1.35 bits per heavy atom. The Hall–Kier alpha value is -1.03. The molecular weight excluding hydrogens is 234 g/mol. The third kappa shape index (κ3) is 2.06. The number of para-hydroxylation sites is 1. The Kier molecular flexibility index (Phi) is 3.17. The van der Waals surface area contributed by atoms with E-state index in [1.54, 1.807) is 11.2 Å². The Morgan fingerprint density at radius 2 is 2.00 bits per heavy atom. The second kappa shape index (κ2) is 4.33. The normalized spacial score (nSPS) is 19.8. The highest BCUT2D eigenvalue weighted by Crippen LogP contribution is 2.41. The first-order valence-corrected chi connectivity index (χ1v) is 7.67. The van der Waals surface area contributed by atoms with E-state index in [-0.39, 0.29) is 5.75 Å². The molecule has 0 N–H and O–H groups in total. The van der Waals surface area contributed by atoms with Crippen LogP contribution >= 0.6 is 0 Å². The minimum atomic E-state index is -3.14. The van der Waals surface area contributed by atoms with Crippen molar-refractivity contribution in [2.75, 3.05) is 16.6 Å². The van der Waals surface area contributed by atoms with E-state index in [0.29, 0.717) is 18.4 Å². The summed E-state index contributed by atoms with van der Waals surface area (Å²) in [4.78, 5) is 0. The van der Waals surface area contributed by atoms with E-state index < -0.39 is 10.0 Å². The van der Waals surface area contributed by atoms with Crippen molar-refractivity contribution in [3.63, 3.8) is 0 Å². The fourth-order valence-corrected chi connectivity index (χ4v) is 3.56. The average molecular weight is 253 g/mol. The summed E-state index contributed by atoms with van der Waals surface area (Å²) in [7, 11) is -3.14. The zero-order chi connectivity index (χ0) is 12.6. The number of sulfonamides is 1. The summed E-state index contributed by atoms with van der Waals surface area (Å²) < 4.78 is 25.7. The van der Waals surface area contributed by atoms with Gasteiger partial charge in [0.1, 0.15) is 0 Å². The standard InChI is InChI=1S/C13H19NO2S/c1-4-17(15,16)14-9-12(10(2)3)11-7-5-6-8-13(11)14/h5-8,10,12H,4,9H2,1-3H3. The Balaban J connectivity index is 2.49. The van der Waals surface area contributed by atoms with E-state index in [2.05, 4.69) is 13.8 Å². The highest BCUT2D eigenvalue weighted by Gasteiger charge is 2.35. The van der Waals surface area contributed by atoms with Crippen molar-refractivity contribution < 1.29 is 8.42 Å². The van der Waals surface area contributed by atoms with Gasteiger partial charge in [-0.1, -0.05) is 32.0 Å². The fourth-order valence-electron chi connectivity index (χ4n) is 2.39. The Morgan fingerprint density at radius 3 is 2.59 bits per heavy atom. The van der Waals surface area contributed by atoms with Crippen molar-refractivity contribution in [3.8, 4) is 0 Å². The lowest BCUT2D eigenvalue weighted by Gasteiger charge is -2.19. The summed E-state index contributed by atoms with van der Waals surface area (Å²) in [6.45, 7) is 6.57. The smallest absolute Gasteiger partial charge is 0.234 e. The third-order valence-electron chi connectivity index (χ3n) is 3.47. The highest BCUT2D eigenvalue weighted by atomic mass is 32.2. The van der Waals surface area contributed by atoms with Crippen LogP contribution < -0.4 is 4.31 Å². The van der Waals surface area contributed by atoms with Crippen molar-refractivity contribution in [3.05, 3.63) is 29.8 Å². The second-order valence-electron chi connectivity index (χ2n) is 4.84. The van der Waals surface area contributed by atoms with Crippen LogP contribution in [0.4, 0.5) is 5.69 Å². The van der Waals surface area contributed by atoms with Crippen LogP contribution in [0, 0.1) is 5.92 Å². The van der Waals surface area contributed by atoms with Gasteiger partial charge in [-0.15, -0.1) is 0 Å². The lowest BCUT2D eigenvalue weighted by Crippen LogP contribution is -2.31. The number of rotatable bonds is 3. The molecule has 0 saturated heterocycles. The van der Waals surface area contributed by atoms with Crippen molar-refractivity contribution >= 4 is 15.7 Å². The van der Waals surface area contributed by atoms with Crippen LogP contribution in [-0.2, 0) is 10.0 Å². The minimum absolute atomic E-state index is 0.159. The van der Waals surface area contributed by atoms with Gasteiger partial charge in [0.15, 0.2) is 0 Å². The van der Waals surface area contributed by atoms with Crippen molar-refractivity contribution in [2.45, 2.75) is 26.7 Å². The first-order valence-electron chi connectivity index (χ1n) is 6.06. The summed E-state index contributed by atoms with van der Waals surface area (Å²) in [5, 5.41) is 0. The molecule has 0 spiro atoms. The molecule has 0 aliphatic carbocycles. The van der Waals surface area contributed by atoms with Crippen molar-refractivity contribution in [1.82, 2.24) is 0 Å². The molecule has 4 heteroatoms. The van der Waals surface area contributed by atoms with E-state index in [0.717, 1.165) is 5.69 Å². The van der Waals surface area contributed by atoms with Crippen LogP contribution in [-0.4, -0.2) is 20.7 Å². The topological polar surface area (TPSA) is 37.4 Å². The second-order valence-corrected chi connectivity index (χ2v) is 7.02. The quantitative estimate of drug-likeness (QED) is 0.830. The summed E-state index contributed by atoms with van der Waals surface area (Å²) in [5.41, 5.74) is 2.03. The summed E-state index contributed by atoms with van der Waals surface area (Å²) in [5.74, 6) is 0.923. The maximum Gasteiger partial charge on any atom is 0.234 e. The van der Waals surface area contributed by atoms with Crippen LogP contribution in [0.15, 0.2) is 24.3 Å². The Labute approximate surface area is 104 Å². The highest BCUT2D eigenvalue weighted by molar-refractivity contribution is 7.92. The van der Waals surface area contributed by atoms with Gasteiger partial charge < -0.3 is 0 Å². The summed E-state index contributed by atoms with van der Waals surface area (Å²) in [6.07, 6.45) is 0. The van der Waals surface area contributed by atoms with Crippen LogP contribution in [0.25, 0.3) is 0 Å². The van der Waals surface area contributed by atoms with Gasteiger partial charge in [0, 0.05) is 12.5 Å². The van der Waals surface area contributed by atoms with E-state index in [9.17, 15) is 8.42 Å². The maximum atomic E-state index is 12.1. The maximum absolute atomic E-state index is 12.1. The van der Waals surface area contributed by atoms with Gasteiger partial charge >= 0.3 is 0 Å². The summed E-state index contributed by atoms with van der Waals surface area (Å²) in [6, 6.07) is 7.84. The van der Waals surface area contributed by atoms with E-state index in [1.807, 2.05) is 24.3 Å². The molecule has 0 aromatic heterocycles. The summed E-state index contributed by atoms with van der Waals surface area (Å²) >= 11 is 0. The minimum Gasteiger partial charge on any atom is -0.269 e. The molecule has 0 bridgehead atoms. The van der Waals surface area contributed by atoms with Gasteiger partial charge in [0.25, 0.3) is 0 Å². The van der Waals surface area contributed by atoms with Crippen LogP contribution in [0.1, 0.15) is 32.3 Å². The van der Waals surface area contributed by atoms with Gasteiger partial charge in [-0.3, -0.25) is 4.31 Å². The molecule has 2 rings (SSSR count). The third-order valence-corrected chi connectivity index (χ3v) is 5.22. The van der Waals surface area contributed by atoms with Crippen molar-refractivity contribution in [2.24, 2.45) is 5.92 Å². The molecule has 94 valence electrons. The molecular formula is C13H19NO2S. The SMILES string of the molecule is CCS(=O)(=O)N1CC(C(C)C)c2ccccc21. The number of hydrogen-bond donors (Lipinski definition) is 0. The Bertz CT molecular complexity index is 508. The predicted octanol–water partition coefficient (Wildman–Crippen LogP) is 2.60. The monoisotopic (exact) mass is 253 g/mol. The zero-order valence-corrected chi connectivity index (χ0v) is 11.4. The zero-order valence-electron chi connectivity index (χ0n) is 10.6. The molecule has 0 fully saturated rings. The van der Waals surface area contributed by atoms with Crippen LogP contribution in [0.3, 0.4) is 0 Å². The van der Waals surface area contributed by atoms with Gasteiger partial charge in [-0.05, 0) is 24.5 Å². The molecule has 1 atom stereocenters. The lowest BCUT2D eigenvalue weighted by molar-refractivity contribution is 0.522. The van der Waals surface area contributed by atoms with Gasteiger partial charge in [0.2, 0.25) is 10.0 Å². The van der Waals surface area contributed by atoms with Gasteiger partial charge in [-0.2, -0.15) is 0 Å². The lowest BCUT2D eigenvalue weighted by atomic mass is 9.90. The first kappa shape index (κ1) is 12.4. The van der Waals surface area contributed by atoms with E-state index >= 15 is 0 Å². The molecule has 1 aromatic carbocycles. The number of anilines is 1. The molecule has 0 saturated carbocycles. The molecule has 1 heterocycles. The molecule has 1 unspecified atom stereocenters. The van der Waals surface area contributed by atoms with Crippen LogP contribution in [0.5, 0.6) is 0 Å². The number of hydrogen-bond acceptors (Lipinski definition) is 2. The molecule has 0 amide bonds. The fraction of sp³-hybridized carbons (Fsp3) is 0.538. The largest absolute Gasteiger partial charge is 0.269 e. The van der Waals surface area contributed by atoms with Gasteiger partial charge in [-0.25, -0.2) is 8.42 Å². The number of fused-ring (bicyclic) bond motifs is 1. The molecule has 1 aromatic rings. The molecule has 1 aliphatic heterocycles. The van der Waals surface area contributed by atoms with E-state index in [4.69, 9.17) is 0 Å². The van der Waals surface area contributed by atoms with Crippen molar-refractivity contribution in [1.29, 1.82) is 0 Å². The average Bonchev–Trinajstić information content (AvgIpc) is 2.69.